The van der Waals surface area contributed by atoms with Crippen molar-refractivity contribution in [1.29, 1.82) is 0 Å². The molecule has 0 unspecified atom stereocenters. The number of halogens is 3. The lowest BCUT2D eigenvalue weighted by molar-refractivity contribution is -0.123. The third-order valence-electron chi connectivity index (χ3n) is 3.61. The molecule has 3 rings (SSSR count). The Morgan fingerprint density at radius 2 is 1.96 bits per heavy atom. The fourth-order valence-electron chi connectivity index (χ4n) is 2.41. The van der Waals surface area contributed by atoms with Crippen LogP contribution in [0.2, 0.25) is 0 Å². The molecule has 1 aliphatic rings. The molecule has 1 aromatic carbocycles. The molecule has 1 N–H and O–H groups in total. The van der Waals surface area contributed by atoms with Gasteiger partial charge in [-0.05, 0) is 30.7 Å². The summed E-state index contributed by atoms with van der Waals surface area (Å²) >= 11 is 0. The van der Waals surface area contributed by atoms with Crippen LogP contribution in [0.3, 0.4) is 0 Å². The molecule has 1 aliphatic heterocycles. The summed E-state index contributed by atoms with van der Waals surface area (Å²) in [6, 6.07) is 6.22. The topological polar surface area (TPSA) is 69.6 Å². The minimum atomic E-state index is -4.56. The first-order valence-electron chi connectivity index (χ1n) is 7.23. The number of fused-ring (bicyclic) bond motifs is 1. The van der Waals surface area contributed by atoms with Gasteiger partial charge in [0, 0.05) is 12.3 Å². The molecule has 0 atom stereocenters. The van der Waals surface area contributed by atoms with Gasteiger partial charge in [0.1, 0.15) is 12.1 Å². The van der Waals surface area contributed by atoms with Crippen LogP contribution in [0.5, 0.6) is 11.5 Å². The molecule has 132 valence electrons. The van der Waals surface area contributed by atoms with E-state index in [1.54, 1.807) is 23.5 Å². The van der Waals surface area contributed by atoms with Crippen molar-refractivity contribution in [3.8, 4) is 17.2 Å². The van der Waals surface area contributed by atoms with Gasteiger partial charge >= 0.3 is 6.18 Å². The lowest BCUT2D eigenvalue weighted by Gasteiger charge is -2.12. The molecule has 0 saturated heterocycles. The Morgan fingerprint density at radius 3 is 2.68 bits per heavy atom. The number of ether oxygens (including phenoxy) is 2. The molecule has 0 saturated carbocycles. The third-order valence-corrected chi connectivity index (χ3v) is 3.61. The van der Waals surface area contributed by atoms with Crippen molar-refractivity contribution >= 4 is 5.91 Å². The zero-order valence-corrected chi connectivity index (χ0v) is 13.0. The van der Waals surface area contributed by atoms with Gasteiger partial charge in [-0.2, -0.15) is 13.2 Å². The number of hydrogen-bond acceptors (Lipinski definition) is 4. The fourth-order valence-corrected chi connectivity index (χ4v) is 2.41. The maximum Gasteiger partial charge on any atom is 0.405 e. The van der Waals surface area contributed by atoms with Crippen molar-refractivity contribution in [2.24, 2.45) is 0 Å². The number of amides is 1. The maximum atomic E-state index is 12.6. The zero-order valence-electron chi connectivity index (χ0n) is 13.0. The Hall–Kier alpha value is -2.97. The van der Waals surface area contributed by atoms with Crippen molar-refractivity contribution in [3.63, 3.8) is 0 Å². The monoisotopic (exact) mass is 354 g/mol. The Morgan fingerprint density at radius 1 is 1.24 bits per heavy atom. The number of nitrogens with zero attached hydrogens (tertiary/aromatic N) is 1. The van der Waals surface area contributed by atoms with E-state index in [0.717, 1.165) is 4.57 Å². The van der Waals surface area contributed by atoms with Crippen LogP contribution in [0.4, 0.5) is 13.2 Å². The molecule has 0 radical (unpaired) electrons. The first kappa shape index (κ1) is 16.9. The SMILES string of the molecule is Cc1ccn(-c2ccc3c(c2)OCO3)c(=O)c1C(=O)NCC(F)(F)F. The van der Waals surface area contributed by atoms with Crippen LogP contribution >= 0.6 is 0 Å². The van der Waals surface area contributed by atoms with Crippen LogP contribution in [0.25, 0.3) is 5.69 Å². The van der Waals surface area contributed by atoms with E-state index < -0.39 is 24.2 Å². The number of alkyl halides is 3. The minimum absolute atomic E-state index is 0.0622. The Kier molecular flexibility index (Phi) is 4.15. The van der Waals surface area contributed by atoms with Crippen LogP contribution in [0.1, 0.15) is 15.9 Å². The Balaban J connectivity index is 1.98. The number of carbonyl (C=O) groups excluding carboxylic acids is 1. The van der Waals surface area contributed by atoms with Crippen molar-refractivity contribution in [2.45, 2.75) is 13.1 Å². The number of aryl methyl sites for hydroxylation is 1. The van der Waals surface area contributed by atoms with Crippen LogP contribution in [-0.2, 0) is 0 Å². The normalized spacial score (nSPS) is 13.0. The summed E-state index contributed by atoms with van der Waals surface area (Å²) in [5.74, 6) is -0.116. The summed E-state index contributed by atoms with van der Waals surface area (Å²) in [5, 5.41) is 1.72. The molecule has 0 bridgehead atoms. The Labute approximate surface area is 139 Å². The molecule has 2 aromatic rings. The summed E-state index contributed by atoms with van der Waals surface area (Å²) < 4.78 is 48.4. The average molecular weight is 354 g/mol. The minimum Gasteiger partial charge on any atom is -0.454 e. The van der Waals surface area contributed by atoms with Gasteiger partial charge in [-0.15, -0.1) is 0 Å². The van der Waals surface area contributed by atoms with E-state index in [9.17, 15) is 22.8 Å². The first-order valence-corrected chi connectivity index (χ1v) is 7.23. The van der Waals surface area contributed by atoms with Crippen molar-refractivity contribution in [3.05, 3.63) is 51.9 Å². The standard InChI is InChI=1S/C16H13F3N2O4/c1-9-4-5-21(10-2-3-11-12(6-10)25-8-24-11)15(23)13(9)14(22)20-7-16(17,18)19/h2-6H,7-8H2,1H3,(H,20,22). The van der Waals surface area contributed by atoms with Crippen molar-refractivity contribution in [1.82, 2.24) is 9.88 Å². The lowest BCUT2D eigenvalue weighted by Crippen LogP contribution is -2.38. The highest BCUT2D eigenvalue weighted by Gasteiger charge is 2.29. The van der Waals surface area contributed by atoms with Gasteiger partial charge in [-0.25, -0.2) is 0 Å². The summed E-state index contributed by atoms with van der Waals surface area (Å²) in [6.45, 7) is 0.0319. The zero-order chi connectivity index (χ0) is 18.2. The molecule has 2 heterocycles. The van der Waals surface area contributed by atoms with E-state index in [1.165, 1.54) is 19.2 Å². The predicted octanol–water partition coefficient (Wildman–Crippen LogP) is 2.17. The van der Waals surface area contributed by atoms with Crippen molar-refractivity contribution in [2.75, 3.05) is 13.3 Å². The second-order valence-corrected chi connectivity index (χ2v) is 5.38. The number of nitrogens with one attached hydrogen (secondary N) is 1. The van der Waals surface area contributed by atoms with Gasteiger partial charge in [0.2, 0.25) is 6.79 Å². The largest absolute Gasteiger partial charge is 0.454 e. The van der Waals surface area contributed by atoms with Crippen LogP contribution in [0.15, 0.2) is 35.3 Å². The number of benzene rings is 1. The molecule has 0 fully saturated rings. The van der Waals surface area contributed by atoms with Crippen LogP contribution in [-0.4, -0.2) is 30.0 Å². The van der Waals surface area contributed by atoms with Gasteiger partial charge in [0.15, 0.2) is 11.5 Å². The number of hydrogen-bond donors (Lipinski definition) is 1. The van der Waals surface area contributed by atoms with Gasteiger partial charge < -0.3 is 14.8 Å². The molecule has 0 spiro atoms. The quantitative estimate of drug-likeness (QED) is 0.917. The highest BCUT2D eigenvalue weighted by atomic mass is 19.4. The second kappa shape index (κ2) is 6.15. The van der Waals surface area contributed by atoms with E-state index in [4.69, 9.17) is 9.47 Å². The van der Waals surface area contributed by atoms with Gasteiger partial charge in [-0.3, -0.25) is 14.2 Å². The summed E-state index contributed by atoms with van der Waals surface area (Å²) in [6.07, 6.45) is -3.12. The molecular weight excluding hydrogens is 341 g/mol. The van der Waals surface area contributed by atoms with E-state index in [0.29, 0.717) is 17.2 Å². The lowest BCUT2D eigenvalue weighted by atomic mass is 10.1. The third kappa shape index (κ3) is 3.44. The smallest absolute Gasteiger partial charge is 0.405 e. The summed E-state index contributed by atoms with van der Waals surface area (Å²) in [7, 11) is 0. The number of pyridine rings is 1. The number of carbonyl (C=O) groups is 1. The molecular formula is C16H13F3N2O4. The molecule has 1 amide bonds. The van der Waals surface area contributed by atoms with E-state index in [1.807, 2.05) is 0 Å². The first-order chi connectivity index (χ1) is 11.8. The van der Waals surface area contributed by atoms with Crippen LogP contribution < -0.4 is 20.3 Å². The number of aromatic nitrogens is 1. The molecule has 6 nitrogen and oxygen atoms in total. The molecule has 0 aliphatic carbocycles. The van der Waals surface area contributed by atoms with Gasteiger partial charge in [-0.1, -0.05) is 0 Å². The van der Waals surface area contributed by atoms with E-state index in [2.05, 4.69) is 0 Å². The van der Waals surface area contributed by atoms with Crippen molar-refractivity contribution < 1.29 is 27.4 Å². The van der Waals surface area contributed by atoms with E-state index >= 15 is 0 Å². The van der Waals surface area contributed by atoms with Gasteiger partial charge in [0.25, 0.3) is 11.5 Å². The van der Waals surface area contributed by atoms with Gasteiger partial charge in [0.05, 0.1) is 5.69 Å². The van der Waals surface area contributed by atoms with E-state index in [-0.39, 0.29) is 17.9 Å². The maximum absolute atomic E-state index is 12.6. The average Bonchev–Trinajstić information content (AvgIpc) is 3.00. The highest BCUT2D eigenvalue weighted by Crippen LogP contribution is 2.33. The van der Waals surface area contributed by atoms with Crippen LogP contribution in [0, 0.1) is 6.92 Å². The molecule has 1 aromatic heterocycles. The number of rotatable bonds is 3. The Bertz CT molecular complexity index is 890. The highest BCUT2D eigenvalue weighted by molar-refractivity contribution is 5.95. The predicted molar refractivity (Wildman–Crippen MR) is 81.3 cm³/mol. The fraction of sp³-hybridized carbons (Fsp3) is 0.250. The second-order valence-electron chi connectivity index (χ2n) is 5.38. The molecule has 9 heteroatoms. The summed E-state index contributed by atoms with van der Waals surface area (Å²) in [4.78, 5) is 24.6. The summed E-state index contributed by atoms with van der Waals surface area (Å²) in [5.41, 5.74) is -0.385. The molecule has 25 heavy (non-hydrogen) atoms.